The van der Waals surface area contributed by atoms with Crippen LogP contribution in [0.4, 0.5) is 23.7 Å². The first-order chi connectivity index (χ1) is 13.7. The lowest BCUT2D eigenvalue weighted by Crippen LogP contribution is -2.36. The predicted molar refractivity (Wildman–Crippen MR) is 102 cm³/mol. The summed E-state index contributed by atoms with van der Waals surface area (Å²) in [5.74, 6) is 5.51. The van der Waals surface area contributed by atoms with Gasteiger partial charge in [-0.2, -0.15) is 13.2 Å². The Morgan fingerprint density at radius 3 is 2.83 bits per heavy atom. The molecule has 1 unspecified atom stereocenters. The van der Waals surface area contributed by atoms with Crippen LogP contribution in [0, 0.1) is 11.8 Å². The Balaban J connectivity index is 1.81. The molecule has 0 bridgehead atoms. The number of fused-ring (bicyclic) bond motifs is 1. The summed E-state index contributed by atoms with van der Waals surface area (Å²) in [6, 6.07) is 9.28. The third kappa shape index (κ3) is 5.49. The number of amides is 2. The van der Waals surface area contributed by atoms with Crippen molar-refractivity contribution in [3.63, 3.8) is 0 Å². The number of carbonyl (C=O) groups is 1. The molecule has 3 N–H and O–H groups in total. The number of aromatic nitrogens is 2. The highest BCUT2D eigenvalue weighted by atomic mass is 19.4. The third-order valence-corrected chi connectivity index (χ3v) is 3.80. The van der Waals surface area contributed by atoms with Crippen molar-refractivity contribution in [2.24, 2.45) is 0 Å². The third-order valence-electron chi connectivity index (χ3n) is 3.80. The van der Waals surface area contributed by atoms with Crippen molar-refractivity contribution in [3.05, 3.63) is 54.4 Å². The molecule has 0 spiro atoms. The van der Waals surface area contributed by atoms with Crippen LogP contribution in [0.2, 0.25) is 0 Å². The van der Waals surface area contributed by atoms with Gasteiger partial charge < -0.3 is 15.7 Å². The fourth-order valence-corrected chi connectivity index (χ4v) is 2.57. The van der Waals surface area contributed by atoms with Gasteiger partial charge in [-0.3, -0.25) is 4.40 Å². The Labute approximate surface area is 164 Å². The second kappa shape index (κ2) is 8.24. The molecule has 150 valence electrons. The molecule has 0 fully saturated rings. The number of carbonyl (C=O) groups excluding carboxylic acids is 1. The van der Waals surface area contributed by atoms with Crippen molar-refractivity contribution in [1.29, 1.82) is 0 Å². The number of imidazole rings is 1. The molecule has 6 nitrogen and oxygen atoms in total. The molecule has 3 rings (SSSR count). The van der Waals surface area contributed by atoms with E-state index in [0.29, 0.717) is 22.5 Å². The van der Waals surface area contributed by atoms with Gasteiger partial charge in [0.05, 0.1) is 11.9 Å². The Hall–Kier alpha value is -3.51. The van der Waals surface area contributed by atoms with Crippen molar-refractivity contribution >= 4 is 17.4 Å². The first kappa shape index (κ1) is 20.2. The smallest absolute Gasteiger partial charge is 0.381 e. The summed E-state index contributed by atoms with van der Waals surface area (Å²) in [5.41, 5.74) is 3.13. The fraction of sp³-hybridized carbons (Fsp3) is 0.200. The highest BCUT2D eigenvalue weighted by Crippen LogP contribution is 2.24. The van der Waals surface area contributed by atoms with Crippen LogP contribution < -0.4 is 10.6 Å². The van der Waals surface area contributed by atoms with Gasteiger partial charge in [-0.25, -0.2) is 9.78 Å². The molecule has 0 saturated heterocycles. The number of hydrogen-bond acceptors (Lipinski definition) is 3. The predicted octanol–water partition coefficient (Wildman–Crippen LogP) is 3.42. The van der Waals surface area contributed by atoms with Gasteiger partial charge in [0, 0.05) is 23.0 Å². The summed E-state index contributed by atoms with van der Waals surface area (Å²) in [5, 5.41) is 13.4. The van der Waals surface area contributed by atoms with E-state index in [0.717, 1.165) is 5.69 Å². The van der Waals surface area contributed by atoms with Crippen molar-refractivity contribution in [2.75, 3.05) is 11.9 Å². The van der Waals surface area contributed by atoms with Gasteiger partial charge in [-0.1, -0.05) is 24.0 Å². The molecule has 2 aromatic heterocycles. The fourth-order valence-electron chi connectivity index (χ4n) is 2.57. The summed E-state index contributed by atoms with van der Waals surface area (Å²) in [6.07, 6.45) is -1.79. The lowest BCUT2D eigenvalue weighted by atomic mass is 10.1. The molecule has 9 heteroatoms. The number of alkyl halides is 3. The molecule has 1 atom stereocenters. The average molecular weight is 402 g/mol. The highest BCUT2D eigenvalue weighted by Gasteiger charge is 2.27. The molecule has 0 radical (unpaired) electrons. The number of halogens is 3. The van der Waals surface area contributed by atoms with Gasteiger partial charge in [0.15, 0.2) is 0 Å². The normalized spacial score (nSPS) is 12.2. The van der Waals surface area contributed by atoms with Crippen molar-refractivity contribution in [2.45, 2.75) is 19.2 Å². The van der Waals surface area contributed by atoms with Gasteiger partial charge >= 0.3 is 12.2 Å². The van der Waals surface area contributed by atoms with Crippen molar-refractivity contribution < 1.29 is 23.1 Å². The van der Waals surface area contributed by atoms with Gasteiger partial charge in [-0.05, 0) is 31.2 Å². The number of anilines is 1. The zero-order valence-electron chi connectivity index (χ0n) is 15.3. The average Bonchev–Trinajstić information content (AvgIpc) is 3.07. The van der Waals surface area contributed by atoms with Crippen LogP contribution in [0.25, 0.3) is 16.9 Å². The molecule has 0 aliphatic heterocycles. The monoisotopic (exact) mass is 402 g/mol. The zero-order chi connectivity index (χ0) is 21.0. The maximum absolute atomic E-state index is 12.2. The number of aliphatic hydroxyl groups excluding tert-OH is 1. The van der Waals surface area contributed by atoms with Crippen LogP contribution in [0.3, 0.4) is 0 Å². The molecule has 0 aliphatic rings. The minimum Gasteiger partial charge on any atom is -0.381 e. The Kier molecular flexibility index (Phi) is 5.75. The van der Waals surface area contributed by atoms with Crippen LogP contribution in [0.15, 0.2) is 48.8 Å². The SMILES string of the molecule is CC(O)C#Cc1ccn2c(-c3cccc(NC(=O)NCC(F)(F)F)c3)cnc2c1. The second-order valence-electron chi connectivity index (χ2n) is 6.24. The van der Waals surface area contributed by atoms with Gasteiger partial charge in [0.1, 0.15) is 18.3 Å². The van der Waals surface area contributed by atoms with E-state index in [1.807, 2.05) is 4.40 Å². The number of urea groups is 1. The Bertz CT molecular complexity index is 1090. The second-order valence-corrected chi connectivity index (χ2v) is 6.24. The molecule has 0 saturated carbocycles. The van der Waals surface area contributed by atoms with Crippen LogP contribution in [0.1, 0.15) is 12.5 Å². The van der Waals surface area contributed by atoms with E-state index in [1.54, 1.807) is 61.0 Å². The van der Waals surface area contributed by atoms with E-state index in [4.69, 9.17) is 0 Å². The molecule has 2 amide bonds. The number of nitrogens with one attached hydrogen (secondary N) is 2. The summed E-state index contributed by atoms with van der Waals surface area (Å²) in [6.45, 7) is 0.162. The molecular formula is C20H17F3N4O2. The van der Waals surface area contributed by atoms with E-state index in [2.05, 4.69) is 22.1 Å². The number of aliphatic hydroxyl groups is 1. The van der Waals surface area contributed by atoms with Gasteiger partial charge in [-0.15, -0.1) is 0 Å². The summed E-state index contributed by atoms with van der Waals surface area (Å²) < 4.78 is 38.4. The molecule has 0 aliphatic carbocycles. The quantitative estimate of drug-likeness (QED) is 0.588. The Morgan fingerprint density at radius 2 is 2.10 bits per heavy atom. The van der Waals surface area contributed by atoms with Crippen molar-refractivity contribution in [1.82, 2.24) is 14.7 Å². The number of pyridine rings is 1. The molecule has 2 heterocycles. The lowest BCUT2D eigenvalue weighted by Gasteiger charge is -2.10. The highest BCUT2D eigenvalue weighted by molar-refractivity contribution is 5.90. The van der Waals surface area contributed by atoms with Gasteiger partial charge in [0.2, 0.25) is 0 Å². The van der Waals surface area contributed by atoms with Crippen LogP contribution in [0.5, 0.6) is 0 Å². The van der Waals surface area contributed by atoms with Crippen LogP contribution in [-0.4, -0.2) is 39.3 Å². The van der Waals surface area contributed by atoms with Gasteiger partial charge in [0.25, 0.3) is 0 Å². The number of nitrogens with zero attached hydrogens (tertiary/aromatic N) is 2. The first-order valence-corrected chi connectivity index (χ1v) is 8.60. The number of benzene rings is 1. The molecule has 3 aromatic rings. The van der Waals surface area contributed by atoms with Crippen LogP contribution >= 0.6 is 0 Å². The van der Waals surface area contributed by atoms with E-state index >= 15 is 0 Å². The van der Waals surface area contributed by atoms with Crippen LogP contribution in [-0.2, 0) is 0 Å². The summed E-state index contributed by atoms with van der Waals surface area (Å²) in [4.78, 5) is 16.0. The Morgan fingerprint density at radius 1 is 1.31 bits per heavy atom. The van der Waals surface area contributed by atoms with E-state index in [-0.39, 0.29) is 0 Å². The number of rotatable bonds is 3. The first-order valence-electron chi connectivity index (χ1n) is 8.60. The minimum absolute atomic E-state index is 0.344. The number of hydrogen-bond donors (Lipinski definition) is 3. The molecule has 29 heavy (non-hydrogen) atoms. The van der Waals surface area contributed by atoms with E-state index in [1.165, 1.54) is 0 Å². The van der Waals surface area contributed by atoms with E-state index in [9.17, 15) is 23.1 Å². The van der Waals surface area contributed by atoms with E-state index < -0.39 is 24.9 Å². The molecule has 1 aromatic carbocycles. The maximum atomic E-state index is 12.2. The zero-order valence-corrected chi connectivity index (χ0v) is 15.3. The lowest BCUT2D eigenvalue weighted by molar-refractivity contribution is -0.122. The topological polar surface area (TPSA) is 78.7 Å². The summed E-state index contributed by atoms with van der Waals surface area (Å²) in [7, 11) is 0. The largest absolute Gasteiger partial charge is 0.405 e. The minimum atomic E-state index is -4.48. The van der Waals surface area contributed by atoms with Crippen molar-refractivity contribution in [3.8, 4) is 23.1 Å². The standard InChI is InChI=1S/C20H17F3N4O2/c1-13(28)5-6-14-7-8-27-17(11-24-18(27)9-14)15-3-2-4-16(10-15)26-19(29)25-12-20(21,22)23/h2-4,7-11,13,28H,12H2,1H3,(H2,25,26,29). The summed E-state index contributed by atoms with van der Waals surface area (Å²) >= 11 is 0. The molecular weight excluding hydrogens is 385 g/mol. The maximum Gasteiger partial charge on any atom is 0.405 e.